The second kappa shape index (κ2) is 5.71. The summed E-state index contributed by atoms with van der Waals surface area (Å²) in [6, 6.07) is 2.79. The number of hydrogen-bond acceptors (Lipinski definition) is 3. The highest BCUT2D eigenvalue weighted by Gasteiger charge is 2.25. The zero-order chi connectivity index (χ0) is 14.9. The van der Waals surface area contributed by atoms with Gasteiger partial charge in [-0.15, -0.1) is 0 Å². The van der Waals surface area contributed by atoms with Gasteiger partial charge >= 0.3 is 0 Å². The molecule has 0 aromatic heterocycles. The van der Waals surface area contributed by atoms with Crippen LogP contribution in [-0.4, -0.2) is 37.2 Å². The lowest BCUT2D eigenvalue weighted by molar-refractivity contribution is -0.119. The number of hydrogen-bond donors (Lipinski definition) is 1. The monoisotopic (exact) mass is 278 g/mol. The number of likely N-dealkylation sites (N-methyl/N-ethyl adjacent to an activating group) is 1. The van der Waals surface area contributed by atoms with Gasteiger partial charge in [-0.3, -0.25) is 9.69 Å². The van der Waals surface area contributed by atoms with E-state index in [2.05, 4.69) is 5.32 Å². The van der Waals surface area contributed by atoms with Gasteiger partial charge < -0.3 is 10.1 Å². The summed E-state index contributed by atoms with van der Waals surface area (Å²) in [6.45, 7) is 1.78. The predicted octanol–water partition coefficient (Wildman–Crippen LogP) is 1.63. The first kappa shape index (κ1) is 14.7. The standard InChI is InChI=1S/C15H19FN2O2/c1-9(18(2)3)15(20)17-12-6-11-4-10(8-19)5-13(11)14(16)7-12/h6-10H,4-5H2,1-3H3,(H,17,20)/t9-,10?/m0/s1. The van der Waals surface area contributed by atoms with E-state index >= 15 is 0 Å². The molecule has 0 radical (unpaired) electrons. The van der Waals surface area contributed by atoms with Gasteiger partial charge in [-0.2, -0.15) is 0 Å². The number of aldehydes is 1. The Kier molecular flexibility index (Phi) is 4.18. The minimum atomic E-state index is -0.348. The molecule has 0 aliphatic heterocycles. The number of carbonyl (C=O) groups excluding carboxylic acids is 2. The third-order valence-corrected chi connectivity index (χ3v) is 3.85. The summed E-state index contributed by atoms with van der Waals surface area (Å²) >= 11 is 0. The zero-order valence-electron chi connectivity index (χ0n) is 11.9. The molecule has 2 atom stereocenters. The van der Waals surface area contributed by atoms with Crippen molar-refractivity contribution in [3.8, 4) is 0 Å². The molecule has 0 heterocycles. The molecule has 5 heteroatoms. The average molecular weight is 278 g/mol. The largest absolute Gasteiger partial charge is 0.325 e. The molecule has 1 aromatic carbocycles. The fourth-order valence-electron chi connectivity index (χ4n) is 2.37. The minimum absolute atomic E-state index is 0.147. The molecule has 0 saturated carbocycles. The van der Waals surface area contributed by atoms with Crippen LogP contribution in [0.2, 0.25) is 0 Å². The van der Waals surface area contributed by atoms with Crippen LogP contribution >= 0.6 is 0 Å². The van der Waals surface area contributed by atoms with Crippen molar-refractivity contribution in [3.63, 3.8) is 0 Å². The average Bonchev–Trinajstić information content (AvgIpc) is 2.81. The topological polar surface area (TPSA) is 49.4 Å². The van der Waals surface area contributed by atoms with E-state index in [0.29, 0.717) is 24.1 Å². The Balaban J connectivity index is 2.18. The molecule has 0 bridgehead atoms. The highest BCUT2D eigenvalue weighted by molar-refractivity contribution is 5.94. The Bertz CT molecular complexity index is 543. The van der Waals surface area contributed by atoms with Crippen LogP contribution in [0.3, 0.4) is 0 Å². The number of rotatable bonds is 4. The Labute approximate surface area is 118 Å². The maximum absolute atomic E-state index is 14.0. The molecule has 108 valence electrons. The van der Waals surface area contributed by atoms with Crippen LogP contribution in [0.15, 0.2) is 12.1 Å². The number of anilines is 1. The lowest BCUT2D eigenvalue weighted by atomic mass is 10.1. The maximum atomic E-state index is 14.0. The third kappa shape index (κ3) is 2.88. The van der Waals surface area contributed by atoms with Crippen molar-refractivity contribution in [1.29, 1.82) is 0 Å². The van der Waals surface area contributed by atoms with Gasteiger partial charge in [-0.05, 0) is 57.1 Å². The van der Waals surface area contributed by atoms with Crippen molar-refractivity contribution in [2.75, 3.05) is 19.4 Å². The summed E-state index contributed by atoms with van der Waals surface area (Å²) in [5.74, 6) is -0.676. The highest BCUT2D eigenvalue weighted by Crippen LogP contribution is 2.30. The lowest BCUT2D eigenvalue weighted by Gasteiger charge is -2.19. The molecule has 0 fully saturated rings. The molecule has 1 unspecified atom stereocenters. The summed E-state index contributed by atoms with van der Waals surface area (Å²) in [7, 11) is 3.62. The van der Waals surface area contributed by atoms with E-state index < -0.39 is 0 Å². The van der Waals surface area contributed by atoms with Crippen LogP contribution in [0, 0.1) is 11.7 Å². The molecule has 0 saturated heterocycles. The van der Waals surface area contributed by atoms with Crippen LogP contribution < -0.4 is 5.32 Å². The molecule has 1 aliphatic carbocycles. The molecule has 4 nitrogen and oxygen atoms in total. The predicted molar refractivity (Wildman–Crippen MR) is 75.1 cm³/mol. The van der Waals surface area contributed by atoms with Crippen molar-refractivity contribution in [2.45, 2.75) is 25.8 Å². The van der Waals surface area contributed by atoms with Gasteiger partial charge in [0.25, 0.3) is 0 Å². The first-order chi connectivity index (χ1) is 9.42. The molecule has 1 amide bonds. The normalized spacial score (nSPS) is 18.8. The Morgan fingerprint density at radius 2 is 2.15 bits per heavy atom. The van der Waals surface area contributed by atoms with Crippen molar-refractivity contribution < 1.29 is 14.0 Å². The van der Waals surface area contributed by atoms with Crippen LogP contribution in [0.25, 0.3) is 0 Å². The van der Waals surface area contributed by atoms with Crippen LogP contribution in [0.5, 0.6) is 0 Å². The summed E-state index contributed by atoms with van der Waals surface area (Å²) < 4.78 is 14.0. The molecule has 0 spiro atoms. The zero-order valence-corrected chi connectivity index (χ0v) is 11.9. The maximum Gasteiger partial charge on any atom is 0.241 e. The summed E-state index contributed by atoms with van der Waals surface area (Å²) in [5, 5.41) is 2.72. The first-order valence-electron chi connectivity index (χ1n) is 6.66. The van der Waals surface area contributed by atoms with Crippen LogP contribution in [-0.2, 0) is 22.4 Å². The number of nitrogens with zero attached hydrogens (tertiary/aromatic N) is 1. The van der Waals surface area contributed by atoms with Crippen molar-refractivity contribution >= 4 is 17.9 Å². The Hall–Kier alpha value is -1.75. The van der Waals surface area contributed by atoms with Crippen molar-refractivity contribution in [2.24, 2.45) is 5.92 Å². The van der Waals surface area contributed by atoms with Gasteiger partial charge in [0.05, 0.1) is 6.04 Å². The molecule has 1 aliphatic rings. The van der Waals surface area contributed by atoms with Crippen molar-refractivity contribution in [3.05, 3.63) is 29.1 Å². The number of fused-ring (bicyclic) bond motifs is 1. The molecule has 1 aromatic rings. The minimum Gasteiger partial charge on any atom is -0.325 e. The fraction of sp³-hybridized carbons (Fsp3) is 0.467. The van der Waals surface area contributed by atoms with E-state index in [4.69, 9.17) is 0 Å². The van der Waals surface area contributed by atoms with Gasteiger partial charge in [0, 0.05) is 11.6 Å². The van der Waals surface area contributed by atoms with Crippen LogP contribution in [0.4, 0.5) is 10.1 Å². The second-order valence-corrected chi connectivity index (χ2v) is 5.53. The lowest BCUT2D eigenvalue weighted by Crippen LogP contribution is -2.37. The van der Waals surface area contributed by atoms with Crippen LogP contribution in [0.1, 0.15) is 18.1 Å². The van der Waals surface area contributed by atoms with Gasteiger partial charge in [0.2, 0.25) is 5.91 Å². The SMILES string of the molecule is C[C@@H](C(=O)Nc1cc(F)c2c(c1)CC(C=O)C2)N(C)C. The van der Waals surface area contributed by atoms with E-state index in [1.807, 2.05) is 14.1 Å². The highest BCUT2D eigenvalue weighted by atomic mass is 19.1. The summed E-state index contributed by atoms with van der Waals surface area (Å²) in [5.41, 5.74) is 1.86. The third-order valence-electron chi connectivity index (χ3n) is 3.85. The second-order valence-electron chi connectivity index (χ2n) is 5.53. The van der Waals surface area contributed by atoms with E-state index in [0.717, 1.165) is 11.8 Å². The van der Waals surface area contributed by atoms with Gasteiger partial charge in [-0.1, -0.05) is 0 Å². The Morgan fingerprint density at radius 3 is 2.75 bits per heavy atom. The van der Waals surface area contributed by atoms with E-state index in [1.165, 1.54) is 6.07 Å². The molecule has 20 heavy (non-hydrogen) atoms. The number of amides is 1. The number of benzene rings is 1. The molecule has 2 rings (SSSR count). The van der Waals surface area contributed by atoms with Crippen molar-refractivity contribution in [1.82, 2.24) is 4.90 Å². The van der Waals surface area contributed by atoms with E-state index in [1.54, 1.807) is 17.9 Å². The van der Waals surface area contributed by atoms with E-state index in [-0.39, 0.29) is 23.7 Å². The van der Waals surface area contributed by atoms with Gasteiger partial charge in [0.1, 0.15) is 12.1 Å². The van der Waals surface area contributed by atoms with Gasteiger partial charge in [0.15, 0.2) is 0 Å². The quantitative estimate of drug-likeness (QED) is 0.852. The van der Waals surface area contributed by atoms with E-state index in [9.17, 15) is 14.0 Å². The summed E-state index contributed by atoms with van der Waals surface area (Å²) in [6.07, 6.45) is 1.86. The molecular formula is C15H19FN2O2. The first-order valence-corrected chi connectivity index (χ1v) is 6.66. The van der Waals surface area contributed by atoms with Gasteiger partial charge in [-0.25, -0.2) is 4.39 Å². The number of nitrogens with one attached hydrogen (secondary N) is 1. The fourth-order valence-corrected chi connectivity index (χ4v) is 2.37. The number of carbonyl (C=O) groups is 2. The Morgan fingerprint density at radius 1 is 1.45 bits per heavy atom. The summed E-state index contributed by atoms with van der Waals surface area (Å²) in [4.78, 5) is 24.5. The molecular weight excluding hydrogens is 259 g/mol. The molecule has 1 N–H and O–H groups in total. The number of halogens is 1. The smallest absolute Gasteiger partial charge is 0.241 e.